The van der Waals surface area contributed by atoms with E-state index >= 15 is 0 Å². The Morgan fingerprint density at radius 2 is 1.12 bits per heavy atom. The number of nitrogens with zero attached hydrogens (tertiary/aromatic N) is 8. The molecule has 160 valence electrons. The first-order chi connectivity index (χ1) is 15.4. The van der Waals surface area contributed by atoms with Crippen LogP contribution in [0.1, 0.15) is 11.6 Å². The zero-order valence-electron chi connectivity index (χ0n) is 16.6. The summed E-state index contributed by atoms with van der Waals surface area (Å²) in [5, 5.41) is 29.5. The number of aryl methyl sites for hydroxylation is 2. The minimum absolute atomic E-state index is 0.357. The van der Waals surface area contributed by atoms with E-state index in [9.17, 15) is 0 Å². The molecule has 0 fully saturated rings. The van der Waals surface area contributed by atoms with Crippen molar-refractivity contribution in [3.63, 3.8) is 0 Å². The maximum Gasteiger partial charge on any atom is 0.187 e. The Hall–Kier alpha value is -2.78. The fraction of sp³-hybridized carbons (Fsp3) is 0.100. The third-order valence-corrected chi connectivity index (χ3v) is 6.06. The lowest BCUT2D eigenvalue weighted by Crippen LogP contribution is -1.96. The van der Waals surface area contributed by atoms with Crippen molar-refractivity contribution < 1.29 is 0 Å². The van der Waals surface area contributed by atoms with Crippen LogP contribution in [0.4, 0.5) is 0 Å². The number of hydrogen-bond donors (Lipinski definition) is 0. The van der Waals surface area contributed by atoms with Crippen molar-refractivity contribution in [2.45, 2.75) is 13.8 Å². The lowest BCUT2D eigenvalue weighted by atomic mass is 10.2. The highest BCUT2D eigenvalue weighted by Crippen LogP contribution is 2.31. The molecule has 32 heavy (non-hydrogen) atoms. The number of aromatic nitrogens is 8. The minimum atomic E-state index is 0.357. The van der Waals surface area contributed by atoms with E-state index in [1.165, 1.54) is 0 Å². The molecule has 0 spiro atoms. The van der Waals surface area contributed by atoms with E-state index in [4.69, 9.17) is 46.4 Å². The van der Waals surface area contributed by atoms with Crippen LogP contribution < -0.4 is 0 Å². The monoisotopic (exact) mass is 504 g/mol. The number of fused-ring (bicyclic) bond motifs is 6. The molecule has 4 heterocycles. The molecule has 6 rings (SSSR count). The number of hydrogen-bond acceptors (Lipinski definition) is 6. The lowest BCUT2D eigenvalue weighted by Gasteiger charge is -2.03. The molecule has 4 aromatic heterocycles. The van der Waals surface area contributed by atoms with Gasteiger partial charge in [-0.2, -0.15) is 19.2 Å². The number of rotatable bonds is 0. The molecule has 0 unspecified atom stereocenters. The fourth-order valence-corrected chi connectivity index (χ4v) is 4.49. The van der Waals surface area contributed by atoms with Crippen molar-refractivity contribution in [1.82, 2.24) is 39.6 Å². The Labute approximate surface area is 200 Å². The molecule has 0 radical (unpaired) electrons. The van der Waals surface area contributed by atoms with Gasteiger partial charge in [-0.25, -0.2) is 0 Å². The molecule has 0 saturated carbocycles. The van der Waals surface area contributed by atoms with Crippen molar-refractivity contribution in [1.29, 1.82) is 0 Å². The SMILES string of the molecule is Cc1nnc2c3c(Cl)cccc3c(Cl)nn12.Cc1nnc2c3cccc(Cl)c3c(Cl)nn12. The van der Waals surface area contributed by atoms with Gasteiger partial charge in [-0.3, -0.25) is 0 Å². The highest BCUT2D eigenvalue weighted by atomic mass is 35.5. The summed E-state index contributed by atoms with van der Waals surface area (Å²) in [7, 11) is 0. The van der Waals surface area contributed by atoms with Crippen molar-refractivity contribution in [3.05, 3.63) is 68.4 Å². The van der Waals surface area contributed by atoms with E-state index in [-0.39, 0.29) is 0 Å². The van der Waals surface area contributed by atoms with Gasteiger partial charge in [0.25, 0.3) is 0 Å². The normalized spacial score (nSPS) is 11.4. The Kier molecular flexibility index (Phi) is 5.25. The van der Waals surface area contributed by atoms with E-state index in [0.29, 0.717) is 48.7 Å². The van der Waals surface area contributed by atoms with Crippen LogP contribution in [0.3, 0.4) is 0 Å². The van der Waals surface area contributed by atoms with E-state index < -0.39 is 0 Å². The van der Waals surface area contributed by atoms with Gasteiger partial charge in [0.1, 0.15) is 0 Å². The zero-order valence-corrected chi connectivity index (χ0v) is 19.6. The van der Waals surface area contributed by atoms with Gasteiger partial charge in [0.15, 0.2) is 33.2 Å². The molecule has 0 N–H and O–H groups in total. The van der Waals surface area contributed by atoms with Crippen LogP contribution in [0, 0.1) is 13.8 Å². The summed E-state index contributed by atoms with van der Waals surface area (Å²) in [5.74, 6) is 1.37. The van der Waals surface area contributed by atoms with Gasteiger partial charge >= 0.3 is 0 Å². The summed E-state index contributed by atoms with van der Waals surface area (Å²) in [5.41, 5.74) is 1.29. The fourth-order valence-electron chi connectivity index (χ4n) is 3.40. The number of benzene rings is 2. The molecular weight excluding hydrogens is 494 g/mol. The predicted octanol–water partition coefficient (Wildman–Crippen LogP) is 5.79. The molecule has 6 aromatic rings. The van der Waals surface area contributed by atoms with Gasteiger partial charge in [-0.15, -0.1) is 20.4 Å². The van der Waals surface area contributed by atoms with Crippen LogP contribution in [0.15, 0.2) is 36.4 Å². The second kappa shape index (κ2) is 7.97. The van der Waals surface area contributed by atoms with E-state index in [1.54, 1.807) is 21.2 Å². The van der Waals surface area contributed by atoms with Crippen LogP contribution >= 0.6 is 46.4 Å². The summed E-state index contributed by atoms with van der Waals surface area (Å²) in [6, 6.07) is 11.0. The molecule has 0 bridgehead atoms. The third-order valence-electron chi connectivity index (χ3n) is 4.89. The van der Waals surface area contributed by atoms with Gasteiger partial charge in [-0.05, 0) is 26.0 Å². The summed E-state index contributed by atoms with van der Waals surface area (Å²) in [6.45, 7) is 3.63. The summed E-state index contributed by atoms with van der Waals surface area (Å²) in [6.07, 6.45) is 0. The highest BCUT2D eigenvalue weighted by Gasteiger charge is 2.14. The van der Waals surface area contributed by atoms with Crippen LogP contribution in [-0.2, 0) is 0 Å². The first-order valence-corrected chi connectivity index (χ1v) is 10.8. The molecule has 2 aromatic carbocycles. The second-order valence-corrected chi connectivity index (χ2v) is 8.40. The Morgan fingerprint density at radius 3 is 1.81 bits per heavy atom. The van der Waals surface area contributed by atoms with E-state index in [2.05, 4.69) is 30.6 Å². The van der Waals surface area contributed by atoms with Crippen LogP contribution in [0.5, 0.6) is 0 Å². The quantitative estimate of drug-likeness (QED) is 0.260. The van der Waals surface area contributed by atoms with Gasteiger partial charge < -0.3 is 0 Å². The van der Waals surface area contributed by atoms with Crippen molar-refractivity contribution in [2.75, 3.05) is 0 Å². The van der Waals surface area contributed by atoms with Crippen LogP contribution in [0.2, 0.25) is 20.4 Å². The lowest BCUT2D eigenvalue weighted by molar-refractivity contribution is 0.882. The molecule has 0 aliphatic heterocycles. The summed E-state index contributed by atoms with van der Waals surface area (Å²) in [4.78, 5) is 0. The van der Waals surface area contributed by atoms with Gasteiger partial charge in [0.05, 0.1) is 15.4 Å². The van der Waals surface area contributed by atoms with Crippen molar-refractivity contribution >= 4 is 79.2 Å². The molecule has 0 saturated heterocycles. The largest absolute Gasteiger partial charge is 0.196 e. The third kappa shape index (κ3) is 3.31. The summed E-state index contributed by atoms with van der Waals surface area (Å²) < 4.78 is 3.21. The topological polar surface area (TPSA) is 86.2 Å². The maximum atomic E-state index is 6.15. The standard InChI is InChI=1S/2C10H6Cl2N4/c1-5-13-14-10-6-3-2-4-7(11)8(6)9(12)15-16(5)10;1-5-13-14-10-8-6(3-2-4-7(8)11)9(12)15-16(5)10/h2*2-4H,1H3. The van der Waals surface area contributed by atoms with Crippen LogP contribution in [0.25, 0.3) is 32.8 Å². The van der Waals surface area contributed by atoms with Gasteiger partial charge in [-0.1, -0.05) is 70.7 Å². The molecule has 0 atom stereocenters. The maximum absolute atomic E-state index is 6.15. The van der Waals surface area contributed by atoms with Crippen molar-refractivity contribution in [2.24, 2.45) is 0 Å². The Balaban J connectivity index is 0.000000135. The first-order valence-electron chi connectivity index (χ1n) is 9.28. The molecule has 8 nitrogen and oxygen atoms in total. The Morgan fingerprint density at radius 1 is 0.594 bits per heavy atom. The highest BCUT2D eigenvalue weighted by molar-refractivity contribution is 6.42. The van der Waals surface area contributed by atoms with E-state index in [1.807, 2.05) is 38.1 Å². The minimum Gasteiger partial charge on any atom is -0.196 e. The average Bonchev–Trinajstić information content (AvgIpc) is 3.32. The smallest absolute Gasteiger partial charge is 0.187 e. The molecule has 12 heteroatoms. The number of halogens is 4. The van der Waals surface area contributed by atoms with Gasteiger partial charge in [0.2, 0.25) is 0 Å². The van der Waals surface area contributed by atoms with Crippen LogP contribution in [-0.4, -0.2) is 39.6 Å². The summed E-state index contributed by atoms with van der Waals surface area (Å²) >= 11 is 24.4. The molecule has 0 aliphatic rings. The van der Waals surface area contributed by atoms with E-state index in [0.717, 1.165) is 16.2 Å². The zero-order chi connectivity index (χ0) is 22.6. The van der Waals surface area contributed by atoms with Gasteiger partial charge in [0, 0.05) is 16.2 Å². The first kappa shape index (κ1) is 21.1. The second-order valence-electron chi connectivity index (χ2n) is 6.87. The molecule has 0 aliphatic carbocycles. The predicted molar refractivity (Wildman–Crippen MR) is 126 cm³/mol. The molecular formula is C20H12Cl4N8. The average molecular weight is 506 g/mol. The Bertz CT molecular complexity index is 1660. The van der Waals surface area contributed by atoms with Crippen molar-refractivity contribution in [3.8, 4) is 0 Å². The molecule has 0 amide bonds.